The fourth-order valence-electron chi connectivity index (χ4n) is 2.31. The highest BCUT2D eigenvalue weighted by molar-refractivity contribution is 7.99. The number of aromatic amines is 1. The van der Waals surface area contributed by atoms with E-state index in [0.717, 1.165) is 10.1 Å². The van der Waals surface area contributed by atoms with Crippen LogP contribution in [0, 0.1) is 0 Å². The van der Waals surface area contributed by atoms with E-state index >= 15 is 0 Å². The molecule has 0 saturated carbocycles. The fourth-order valence-corrected chi connectivity index (χ4v) is 3.13. The van der Waals surface area contributed by atoms with Crippen LogP contribution in [0.3, 0.4) is 0 Å². The van der Waals surface area contributed by atoms with Crippen molar-refractivity contribution in [2.45, 2.75) is 5.16 Å². The summed E-state index contributed by atoms with van der Waals surface area (Å²) in [5, 5.41) is 13.0. The molecule has 2 heterocycles. The van der Waals surface area contributed by atoms with Gasteiger partial charge in [-0.1, -0.05) is 47.2 Å². The molecule has 24 heavy (non-hydrogen) atoms. The lowest BCUT2D eigenvalue weighted by molar-refractivity contribution is 0.319. The monoisotopic (exact) mass is 345 g/mol. The third-order valence-corrected chi connectivity index (χ3v) is 4.53. The minimum atomic E-state index is -0.433. The summed E-state index contributed by atoms with van der Waals surface area (Å²) in [5.74, 6) is 0.356. The number of H-pyrrole nitrogens is 1. The number of imidazole rings is 1. The smallest absolute Gasteiger partial charge is 0.332 e. The first kappa shape index (κ1) is 16.1. The summed E-state index contributed by atoms with van der Waals surface area (Å²) >= 11 is 1.28. The second kappa shape index (κ2) is 6.36. The summed E-state index contributed by atoms with van der Waals surface area (Å²) in [7, 11) is 2.98. The lowest BCUT2D eigenvalue weighted by Crippen LogP contribution is -2.36. The summed E-state index contributed by atoms with van der Waals surface area (Å²) in [6, 6.07) is 9.26. The van der Waals surface area contributed by atoms with Crippen LogP contribution in [0.1, 0.15) is 5.56 Å². The molecule has 2 aromatic heterocycles. The zero-order chi connectivity index (χ0) is 17.3. The Morgan fingerprint density at radius 3 is 2.62 bits per heavy atom. The topological polar surface area (TPSA) is 105 Å². The van der Waals surface area contributed by atoms with E-state index in [2.05, 4.69) is 15.1 Å². The van der Waals surface area contributed by atoms with E-state index in [1.807, 2.05) is 30.3 Å². The van der Waals surface area contributed by atoms with Crippen molar-refractivity contribution in [2.75, 3.05) is 5.75 Å². The largest absolute Gasteiger partial charge is 0.411 e. The van der Waals surface area contributed by atoms with Crippen LogP contribution in [-0.4, -0.2) is 35.8 Å². The molecule has 124 valence electrons. The number of rotatable bonds is 4. The Labute approximate surface area is 140 Å². The lowest BCUT2D eigenvalue weighted by atomic mass is 10.1. The highest BCUT2D eigenvalue weighted by atomic mass is 32.2. The van der Waals surface area contributed by atoms with Gasteiger partial charge in [0.1, 0.15) is 0 Å². The van der Waals surface area contributed by atoms with Crippen LogP contribution in [0.4, 0.5) is 0 Å². The molecule has 2 N–H and O–H groups in total. The van der Waals surface area contributed by atoms with E-state index in [1.54, 1.807) is 7.05 Å². The van der Waals surface area contributed by atoms with E-state index < -0.39 is 11.2 Å². The van der Waals surface area contributed by atoms with Crippen molar-refractivity contribution in [3.63, 3.8) is 0 Å². The average molecular weight is 345 g/mol. The second-order valence-corrected chi connectivity index (χ2v) is 6.11. The van der Waals surface area contributed by atoms with Gasteiger partial charge in [0.25, 0.3) is 5.56 Å². The highest BCUT2D eigenvalue weighted by Gasteiger charge is 2.14. The molecule has 0 fully saturated rings. The third kappa shape index (κ3) is 2.73. The van der Waals surface area contributed by atoms with Gasteiger partial charge in [-0.2, -0.15) is 0 Å². The molecule has 9 heteroatoms. The molecule has 1 aromatic carbocycles. The summed E-state index contributed by atoms with van der Waals surface area (Å²) in [6.45, 7) is 0. The van der Waals surface area contributed by atoms with Crippen molar-refractivity contribution in [1.29, 1.82) is 0 Å². The SMILES string of the molecule is Cn1c(=O)c2[nH]c(SC/C(=N/O)c3ccccc3)nc2n(C)c1=O. The molecule has 0 unspecified atom stereocenters. The van der Waals surface area contributed by atoms with Gasteiger partial charge < -0.3 is 10.2 Å². The number of aryl methyl sites for hydroxylation is 1. The number of benzene rings is 1. The Morgan fingerprint density at radius 1 is 1.25 bits per heavy atom. The molecule has 0 atom stereocenters. The van der Waals surface area contributed by atoms with E-state index in [0.29, 0.717) is 22.3 Å². The van der Waals surface area contributed by atoms with Crippen LogP contribution in [-0.2, 0) is 14.1 Å². The minimum absolute atomic E-state index is 0.268. The van der Waals surface area contributed by atoms with Crippen LogP contribution in [0.15, 0.2) is 50.2 Å². The summed E-state index contributed by atoms with van der Waals surface area (Å²) in [6.07, 6.45) is 0. The summed E-state index contributed by atoms with van der Waals surface area (Å²) in [5.41, 5.74) is 0.996. The van der Waals surface area contributed by atoms with E-state index in [1.165, 1.54) is 23.4 Å². The Morgan fingerprint density at radius 2 is 1.96 bits per heavy atom. The third-order valence-electron chi connectivity index (χ3n) is 3.65. The highest BCUT2D eigenvalue weighted by Crippen LogP contribution is 2.18. The van der Waals surface area contributed by atoms with Crippen LogP contribution in [0.5, 0.6) is 0 Å². The van der Waals surface area contributed by atoms with Crippen molar-refractivity contribution in [3.05, 3.63) is 56.7 Å². The number of aromatic nitrogens is 4. The van der Waals surface area contributed by atoms with Gasteiger partial charge in [-0.25, -0.2) is 9.78 Å². The minimum Gasteiger partial charge on any atom is -0.411 e. The zero-order valence-corrected chi connectivity index (χ0v) is 13.9. The summed E-state index contributed by atoms with van der Waals surface area (Å²) < 4.78 is 2.34. The van der Waals surface area contributed by atoms with Gasteiger partial charge in [0, 0.05) is 25.4 Å². The molecule has 3 aromatic rings. The number of hydrogen-bond acceptors (Lipinski definition) is 6. The normalized spacial score (nSPS) is 12.0. The predicted octanol–water partition coefficient (Wildman–Crippen LogP) is 0.931. The molecule has 3 rings (SSSR count). The van der Waals surface area contributed by atoms with Crippen molar-refractivity contribution < 1.29 is 5.21 Å². The lowest BCUT2D eigenvalue weighted by Gasteiger charge is -2.02. The molecule has 0 aliphatic carbocycles. The van der Waals surface area contributed by atoms with Gasteiger partial charge in [0.15, 0.2) is 16.3 Å². The first-order chi connectivity index (χ1) is 11.5. The van der Waals surface area contributed by atoms with Crippen molar-refractivity contribution >= 4 is 28.6 Å². The molecule has 0 saturated heterocycles. The maximum absolute atomic E-state index is 12.1. The van der Waals surface area contributed by atoms with Gasteiger partial charge in [0.05, 0.1) is 5.71 Å². The van der Waals surface area contributed by atoms with Gasteiger partial charge in [-0.05, 0) is 0 Å². The first-order valence-electron chi connectivity index (χ1n) is 7.07. The molecule has 0 spiro atoms. The fraction of sp³-hybridized carbons (Fsp3) is 0.200. The number of thioether (sulfide) groups is 1. The molecule has 8 nitrogen and oxygen atoms in total. The molecule has 0 aliphatic rings. The maximum atomic E-state index is 12.1. The van der Waals surface area contributed by atoms with E-state index in [9.17, 15) is 14.8 Å². The van der Waals surface area contributed by atoms with Gasteiger partial charge in [0.2, 0.25) is 0 Å². The number of nitrogens with zero attached hydrogens (tertiary/aromatic N) is 4. The molecule has 0 amide bonds. The quantitative estimate of drug-likeness (QED) is 0.317. The Balaban J connectivity index is 1.92. The Hall–Kier alpha value is -2.81. The number of hydrogen-bond donors (Lipinski definition) is 2. The predicted molar refractivity (Wildman–Crippen MR) is 92.1 cm³/mol. The van der Waals surface area contributed by atoms with Crippen molar-refractivity contribution in [2.24, 2.45) is 19.3 Å². The number of oxime groups is 1. The van der Waals surface area contributed by atoms with E-state index in [4.69, 9.17) is 0 Å². The maximum Gasteiger partial charge on any atom is 0.332 e. The number of fused-ring (bicyclic) bond motifs is 1. The van der Waals surface area contributed by atoms with Crippen molar-refractivity contribution in [1.82, 2.24) is 19.1 Å². The van der Waals surface area contributed by atoms with Crippen LogP contribution >= 0.6 is 11.8 Å². The van der Waals surface area contributed by atoms with Gasteiger partial charge in [-0.15, -0.1) is 0 Å². The molecule has 0 bridgehead atoms. The van der Waals surface area contributed by atoms with Crippen molar-refractivity contribution in [3.8, 4) is 0 Å². The average Bonchev–Trinajstić information content (AvgIpc) is 3.04. The van der Waals surface area contributed by atoms with Crippen LogP contribution in [0.25, 0.3) is 11.2 Å². The van der Waals surface area contributed by atoms with Gasteiger partial charge >= 0.3 is 5.69 Å². The number of nitrogens with one attached hydrogen (secondary N) is 1. The molecular weight excluding hydrogens is 330 g/mol. The van der Waals surface area contributed by atoms with Crippen LogP contribution < -0.4 is 11.2 Å². The zero-order valence-electron chi connectivity index (χ0n) is 13.1. The Kier molecular flexibility index (Phi) is 4.26. The van der Waals surface area contributed by atoms with Crippen LogP contribution in [0.2, 0.25) is 0 Å². The second-order valence-electron chi connectivity index (χ2n) is 5.15. The first-order valence-corrected chi connectivity index (χ1v) is 8.06. The molecular formula is C15H15N5O3S. The Bertz CT molecular complexity index is 1030. The molecule has 0 radical (unpaired) electrons. The van der Waals surface area contributed by atoms with E-state index in [-0.39, 0.29) is 5.52 Å². The van der Waals surface area contributed by atoms with Gasteiger partial charge in [-0.3, -0.25) is 13.9 Å². The standard InChI is InChI=1S/C15H15N5O3S/c1-19-12-11(13(21)20(2)15(19)22)16-14(17-12)24-8-10(18-23)9-6-4-3-5-7-9/h3-7,23H,8H2,1-2H3,(H,16,17)/b18-10-. The summed E-state index contributed by atoms with van der Waals surface area (Å²) in [4.78, 5) is 31.3. The molecule has 0 aliphatic heterocycles.